The number of phenolic OH excluding ortho intramolecular Hbond substituents is 1. The smallest absolute Gasteiger partial charge is 0.305 e. The number of halogens is 1. The summed E-state index contributed by atoms with van der Waals surface area (Å²) in [7, 11) is 0. The Morgan fingerprint density at radius 2 is 1.78 bits per heavy atom. The van der Waals surface area contributed by atoms with E-state index in [0.717, 1.165) is 0 Å². The molecule has 1 amide bonds. The molecule has 0 radical (unpaired) electrons. The molecule has 0 unspecified atom stereocenters. The van der Waals surface area contributed by atoms with E-state index >= 15 is 0 Å². The zero-order valence-corrected chi connectivity index (χ0v) is 17.1. The van der Waals surface area contributed by atoms with Gasteiger partial charge in [-0.05, 0) is 55.0 Å². The maximum absolute atomic E-state index is 14.2. The van der Waals surface area contributed by atoms with Crippen molar-refractivity contribution >= 4 is 23.5 Å². The van der Waals surface area contributed by atoms with Gasteiger partial charge in [0.2, 0.25) is 0 Å². The number of aromatic nitrogens is 1. The maximum Gasteiger partial charge on any atom is 0.305 e. The average molecular weight is 437 g/mol. The Labute approximate surface area is 182 Å². The van der Waals surface area contributed by atoms with Crippen molar-refractivity contribution in [1.82, 2.24) is 10.3 Å². The van der Waals surface area contributed by atoms with Crippen LogP contribution >= 0.6 is 0 Å². The van der Waals surface area contributed by atoms with Gasteiger partial charge in [-0.15, -0.1) is 0 Å². The van der Waals surface area contributed by atoms with Crippen molar-refractivity contribution in [1.29, 1.82) is 0 Å². The summed E-state index contributed by atoms with van der Waals surface area (Å²) in [6, 6.07) is 11.1. The van der Waals surface area contributed by atoms with Gasteiger partial charge < -0.3 is 21.3 Å². The number of carboxylic acid groups (broad SMARTS) is 1. The number of aryl methyl sites for hydroxylation is 1. The first-order chi connectivity index (χ1) is 15.2. The van der Waals surface area contributed by atoms with E-state index in [1.165, 1.54) is 42.5 Å². The van der Waals surface area contributed by atoms with E-state index in [1.54, 1.807) is 13.0 Å². The molecule has 5 N–H and O–H groups in total. The molecule has 0 saturated carbocycles. The van der Waals surface area contributed by atoms with Crippen molar-refractivity contribution in [2.24, 2.45) is 0 Å². The van der Waals surface area contributed by atoms with Crippen LogP contribution in [0.2, 0.25) is 0 Å². The fourth-order valence-electron chi connectivity index (χ4n) is 3.04. The minimum Gasteiger partial charge on any atom is -0.507 e. The maximum atomic E-state index is 14.2. The molecule has 3 rings (SSSR count). The van der Waals surface area contributed by atoms with Gasteiger partial charge in [-0.1, -0.05) is 6.07 Å². The summed E-state index contributed by atoms with van der Waals surface area (Å²) in [5, 5.41) is 21.3. The van der Waals surface area contributed by atoms with Gasteiger partial charge in [0.15, 0.2) is 5.78 Å². The Morgan fingerprint density at radius 3 is 2.44 bits per heavy atom. The first-order valence-corrected chi connectivity index (χ1v) is 9.58. The van der Waals surface area contributed by atoms with Crippen molar-refractivity contribution in [3.8, 4) is 17.0 Å². The Hall–Kier alpha value is -4.27. The van der Waals surface area contributed by atoms with Crippen molar-refractivity contribution in [3.05, 3.63) is 76.6 Å². The number of aliphatic carboxylic acids is 1. The summed E-state index contributed by atoms with van der Waals surface area (Å²) < 4.78 is 14.2. The molecule has 2 aromatic carbocycles. The highest BCUT2D eigenvalue weighted by atomic mass is 19.1. The molecule has 0 aliphatic rings. The SMILES string of the molecule is Cc1ccc(C(=O)c2ccc(O)c(-c3ccc(C(=O)NCCC(=O)O)c(N)n3)c2)c(F)c1. The van der Waals surface area contributed by atoms with Crippen LogP contribution in [0.15, 0.2) is 48.5 Å². The van der Waals surface area contributed by atoms with Crippen molar-refractivity contribution < 1.29 is 29.0 Å². The molecule has 1 aromatic heterocycles. The fourth-order valence-corrected chi connectivity index (χ4v) is 3.04. The summed E-state index contributed by atoms with van der Waals surface area (Å²) in [6.45, 7) is 1.64. The van der Waals surface area contributed by atoms with E-state index in [0.29, 0.717) is 5.56 Å². The lowest BCUT2D eigenvalue weighted by Gasteiger charge is -2.11. The number of hydrogen-bond acceptors (Lipinski definition) is 6. The Bertz CT molecular complexity index is 1230. The van der Waals surface area contributed by atoms with Gasteiger partial charge in [0, 0.05) is 17.7 Å². The third-order valence-electron chi connectivity index (χ3n) is 4.70. The third kappa shape index (κ3) is 4.89. The van der Waals surface area contributed by atoms with Crippen LogP contribution in [0, 0.1) is 12.7 Å². The van der Waals surface area contributed by atoms with Crippen LogP contribution in [0.1, 0.15) is 38.3 Å². The van der Waals surface area contributed by atoms with Gasteiger partial charge in [-0.2, -0.15) is 0 Å². The second-order valence-electron chi connectivity index (χ2n) is 7.07. The normalized spacial score (nSPS) is 10.6. The predicted molar refractivity (Wildman–Crippen MR) is 115 cm³/mol. The van der Waals surface area contributed by atoms with E-state index in [1.807, 2.05) is 0 Å². The zero-order chi connectivity index (χ0) is 23.4. The number of carbonyl (C=O) groups excluding carboxylic acids is 2. The van der Waals surface area contributed by atoms with E-state index in [-0.39, 0.29) is 52.5 Å². The third-order valence-corrected chi connectivity index (χ3v) is 4.70. The fraction of sp³-hybridized carbons (Fsp3) is 0.130. The van der Waals surface area contributed by atoms with E-state index in [2.05, 4.69) is 10.3 Å². The number of nitrogen functional groups attached to an aromatic ring is 1. The number of carbonyl (C=O) groups is 3. The summed E-state index contributed by atoms with van der Waals surface area (Å²) in [4.78, 5) is 39.6. The van der Waals surface area contributed by atoms with Gasteiger partial charge in [0.25, 0.3) is 5.91 Å². The first kappa shape index (κ1) is 22.4. The molecule has 8 nitrogen and oxygen atoms in total. The van der Waals surface area contributed by atoms with E-state index in [9.17, 15) is 23.9 Å². The highest BCUT2D eigenvalue weighted by molar-refractivity contribution is 6.10. The summed E-state index contributed by atoms with van der Waals surface area (Å²) in [6.07, 6.45) is -0.243. The topological polar surface area (TPSA) is 143 Å². The Balaban J connectivity index is 1.90. The number of hydrogen-bond donors (Lipinski definition) is 4. The average Bonchev–Trinajstić information content (AvgIpc) is 2.73. The number of aromatic hydroxyl groups is 1. The molecule has 0 spiro atoms. The summed E-state index contributed by atoms with van der Waals surface area (Å²) in [5.41, 5.74) is 6.99. The highest BCUT2D eigenvalue weighted by Crippen LogP contribution is 2.31. The van der Waals surface area contributed by atoms with Crippen molar-refractivity contribution in [2.45, 2.75) is 13.3 Å². The van der Waals surface area contributed by atoms with Gasteiger partial charge in [0.05, 0.1) is 23.2 Å². The molecular weight excluding hydrogens is 417 g/mol. The zero-order valence-electron chi connectivity index (χ0n) is 17.1. The van der Waals surface area contributed by atoms with Crippen molar-refractivity contribution in [2.75, 3.05) is 12.3 Å². The number of carboxylic acids is 1. The second-order valence-corrected chi connectivity index (χ2v) is 7.07. The number of nitrogens with zero attached hydrogens (tertiary/aromatic N) is 1. The monoisotopic (exact) mass is 437 g/mol. The number of rotatable bonds is 7. The van der Waals surface area contributed by atoms with Crippen LogP contribution in [0.4, 0.5) is 10.2 Å². The summed E-state index contributed by atoms with van der Waals surface area (Å²) >= 11 is 0. The molecule has 0 bridgehead atoms. The van der Waals surface area contributed by atoms with Gasteiger partial charge in [-0.25, -0.2) is 9.37 Å². The highest BCUT2D eigenvalue weighted by Gasteiger charge is 2.18. The van der Waals surface area contributed by atoms with Crippen LogP contribution in [-0.4, -0.2) is 39.4 Å². The molecule has 0 aliphatic heterocycles. The standard InChI is InChI=1S/C23H20FN3O5/c1-12-2-4-14(17(24)10-12)21(31)13-3-7-19(28)16(11-13)18-6-5-15(22(25)27-18)23(32)26-9-8-20(29)30/h2-7,10-11,28H,8-9H2,1H3,(H2,25,27)(H,26,32)(H,29,30). The molecule has 0 aliphatic carbocycles. The molecule has 3 aromatic rings. The Kier molecular flexibility index (Phi) is 6.48. The lowest BCUT2D eigenvalue weighted by molar-refractivity contribution is -0.136. The number of phenols is 1. The molecule has 1 heterocycles. The van der Waals surface area contributed by atoms with Gasteiger partial charge >= 0.3 is 5.97 Å². The molecule has 0 saturated heterocycles. The van der Waals surface area contributed by atoms with Gasteiger partial charge in [0.1, 0.15) is 17.4 Å². The van der Waals surface area contributed by atoms with E-state index in [4.69, 9.17) is 10.8 Å². The Morgan fingerprint density at radius 1 is 1.06 bits per heavy atom. The lowest BCUT2D eigenvalue weighted by atomic mass is 9.98. The van der Waals surface area contributed by atoms with Crippen LogP contribution in [0.3, 0.4) is 0 Å². The molecule has 9 heteroatoms. The first-order valence-electron chi connectivity index (χ1n) is 9.58. The largest absolute Gasteiger partial charge is 0.507 e. The molecule has 164 valence electrons. The number of nitrogens with one attached hydrogen (secondary N) is 1. The quantitative estimate of drug-likeness (QED) is 0.416. The number of pyridine rings is 1. The molecule has 0 atom stereocenters. The minimum absolute atomic E-state index is 0.0348. The number of amides is 1. The van der Waals surface area contributed by atoms with Crippen LogP contribution in [-0.2, 0) is 4.79 Å². The number of benzene rings is 2. The second kappa shape index (κ2) is 9.25. The molecule has 32 heavy (non-hydrogen) atoms. The number of anilines is 1. The molecule has 0 fully saturated rings. The minimum atomic E-state index is -1.05. The molecular formula is C23H20FN3O5. The van der Waals surface area contributed by atoms with E-state index < -0.39 is 23.5 Å². The van der Waals surface area contributed by atoms with Crippen LogP contribution in [0.5, 0.6) is 5.75 Å². The predicted octanol–water partition coefficient (Wildman–Crippen LogP) is 2.92. The summed E-state index contributed by atoms with van der Waals surface area (Å²) in [5.74, 6) is -3.18. The van der Waals surface area contributed by atoms with Crippen LogP contribution in [0.25, 0.3) is 11.3 Å². The van der Waals surface area contributed by atoms with Gasteiger partial charge in [-0.3, -0.25) is 14.4 Å². The number of ketones is 1. The number of nitrogens with two attached hydrogens (primary N) is 1. The van der Waals surface area contributed by atoms with Crippen molar-refractivity contribution in [3.63, 3.8) is 0 Å². The lowest BCUT2D eigenvalue weighted by Crippen LogP contribution is -2.27. The van der Waals surface area contributed by atoms with Crippen LogP contribution < -0.4 is 11.1 Å².